The fourth-order valence-corrected chi connectivity index (χ4v) is 2.65. The Morgan fingerprint density at radius 2 is 2.05 bits per heavy atom. The third kappa shape index (κ3) is 4.83. The third-order valence-corrected chi connectivity index (χ3v) is 4.24. The van der Waals surface area contributed by atoms with Gasteiger partial charge in [0.05, 0.1) is 12.6 Å². The van der Waals surface area contributed by atoms with Crippen molar-refractivity contribution >= 4 is 15.7 Å². The number of nitrogens with one attached hydrogen (secondary N) is 2. The maximum absolute atomic E-state index is 13.9. The Hall–Kier alpha value is -1.91. The first kappa shape index (κ1) is 18.1. The molecule has 0 heterocycles. The van der Waals surface area contributed by atoms with Gasteiger partial charge in [0, 0.05) is 12.3 Å². The molecule has 7 heteroatoms. The smallest absolute Gasteiger partial charge is 0.237 e. The molecule has 2 N–H and O–H groups in total. The fourth-order valence-electron chi connectivity index (χ4n) is 1.93. The number of hydrogen-bond donors (Lipinski definition) is 2. The zero-order valence-electron chi connectivity index (χ0n) is 12.7. The second-order valence-corrected chi connectivity index (χ2v) is 6.98. The number of carbonyl (C=O) groups is 1. The quantitative estimate of drug-likeness (QED) is 0.765. The minimum atomic E-state index is -3.60. The lowest BCUT2D eigenvalue weighted by molar-refractivity contribution is -0.122. The highest BCUT2D eigenvalue weighted by atomic mass is 32.2. The van der Waals surface area contributed by atoms with Crippen molar-refractivity contribution < 1.29 is 17.6 Å². The van der Waals surface area contributed by atoms with Gasteiger partial charge in [-0.2, -0.15) is 0 Å². The van der Waals surface area contributed by atoms with Crippen LogP contribution in [0.3, 0.4) is 0 Å². The molecule has 0 aromatic heterocycles. The van der Waals surface area contributed by atoms with Gasteiger partial charge in [-0.25, -0.2) is 12.8 Å². The molecule has 0 aliphatic carbocycles. The van der Waals surface area contributed by atoms with Crippen molar-refractivity contribution in [3.8, 4) is 12.3 Å². The minimum Gasteiger partial charge on any atom is -0.344 e. The molecule has 0 unspecified atom stereocenters. The highest BCUT2D eigenvalue weighted by Crippen LogP contribution is 2.20. The highest BCUT2D eigenvalue weighted by molar-refractivity contribution is 7.90. The first-order valence-electron chi connectivity index (χ1n) is 6.63. The van der Waals surface area contributed by atoms with Crippen molar-refractivity contribution in [2.45, 2.75) is 30.8 Å². The number of amides is 1. The summed E-state index contributed by atoms with van der Waals surface area (Å²) in [6.45, 7) is 3.54. The first-order valence-corrected chi connectivity index (χ1v) is 8.52. The van der Waals surface area contributed by atoms with E-state index in [0.29, 0.717) is 5.56 Å². The van der Waals surface area contributed by atoms with Crippen molar-refractivity contribution in [1.29, 1.82) is 0 Å². The molecule has 1 amide bonds. The van der Waals surface area contributed by atoms with Crippen LogP contribution in [-0.2, 0) is 14.6 Å². The van der Waals surface area contributed by atoms with Crippen LogP contribution in [0.5, 0.6) is 0 Å². The molecular weight excluding hydrogens is 307 g/mol. The molecule has 22 heavy (non-hydrogen) atoms. The molecule has 0 radical (unpaired) electrons. The molecule has 0 aliphatic rings. The molecule has 0 spiro atoms. The number of rotatable bonds is 6. The minimum absolute atomic E-state index is 0.136. The van der Waals surface area contributed by atoms with Crippen molar-refractivity contribution in [2.24, 2.45) is 0 Å². The van der Waals surface area contributed by atoms with Gasteiger partial charge in [0.25, 0.3) is 0 Å². The largest absolute Gasteiger partial charge is 0.344 e. The summed E-state index contributed by atoms with van der Waals surface area (Å²) >= 11 is 0. The Balaban J connectivity index is 2.83. The van der Waals surface area contributed by atoms with Crippen LogP contribution in [0.2, 0.25) is 0 Å². The Kier molecular flexibility index (Phi) is 6.09. The molecular formula is C15H19FN2O3S. The van der Waals surface area contributed by atoms with Crippen molar-refractivity contribution in [2.75, 3.05) is 12.8 Å². The zero-order valence-corrected chi connectivity index (χ0v) is 13.5. The van der Waals surface area contributed by atoms with Gasteiger partial charge in [-0.3, -0.25) is 10.1 Å². The molecule has 2 atom stereocenters. The van der Waals surface area contributed by atoms with Gasteiger partial charge in [-0.05, 0) is 31.5 Å². The summed E-state index contributed by atoms with van der Waals surface area (Å²) in [6, 6.07) is 3.03. The predicted molar refractivity (Wildman–Crippen MR) is 82.4 cm³/mol. The lowest BCUT2D eigenvalue weighted by Gasteiger charge is -2.20. The lowest BCUT2D eigenvalue weighted by atomic mass is 10.1. The summed E-state index contributed by atoms with van der Waals surface area (Å²) in [5.41, 5.74) is 0.543. The van der Waals surface area contributed by atoms with E-state index in [0.717, 1.165) is 12.3 Å². The van der Waals surface area contributed by atoms with Crippen molar-refractivity contribution in [3.63, 3.8) is 0 Å². The first-order chi connectivity index (χ1) is 10.2. The second kappa shape index (κ2) is 7.38. The van der Waals surface area contributed by atoms with Gasteiger partial charge < -0.3 is 5.32 Å². The summed E-state index contributed by atoms with van der Waals surface area (Å²) in [5, 5.41) is 5.53. The van der Waals surface area contributed by atoms with Crippen molar-refractivity contribution in [3.05, 3.63) is 29.6 Å². The maximum Gasteiger partial charge on any atom is 0.237 e. The summed E-state index contributed by atoms with van der Waals surface area (Å²) in [6.07, 6.45) is 6.01. The molecule has 5 nitrogen and oxygen atoms in total. The van der Waals surface area contributed by atoms with E-state index in [4.69, 9.17) is 6.42 Å². The molecule has 0 saturated heterocycles. The number of benzene rings is 1. The Morgan fingerprint density at radius 1 is 1.41 bits per heavy atom. The van der Waals surface area contributed by atoms with Crippen LogP contribution in [0.25, 0.3) is 0 Å². The van der Waals surface area contributed by atoms with Gasteiger partial charge in [0.2, 0.25) is 5.91 Å². The molecule has 0 aliphatic heterocycles. The van der Waals surface area contributed by atoms with E-state index in [9.17, 15) is 17.6 Å². The SMILES string of the molecule is C#CCNC(=O)[C@@H](C)N[C@H](C)c1ccc(S(C)(=O)=O)c(F)c1. The zero-order chi connectivity index (χ0) is 16.9. The van der Waals surface area contributed by atoms with Gasteiger partial charge in [-0.15, -0.1) is 6.42 Å². The van der Waals surface area contributed by atoms with E-state index in [1.54, 1.807) is 13.8 Å². The molecule has 1 aromatic carbocycles. The number of hydrogen-bond acceptors (Lipinski definition) is 4. The van der Waals surface area contributed by atoms with E-state index in [-0.39, 0.29) is 23.4 Å². The number of carbonyl (C=O) groups excluding carboxylic acids is 1. The van der Waals surface area contributed by atoms with E-state index < -0.39 is 21.7 Å². The highest BCUT2D eigenvalue weighted by Gasteiger charge is 2.18. The molecule has 0 saturated carbocycles. The summed E-state index contributed by atoms with van der Waals surface area (Å²) in [5.74, 6) is 1.23. The molecule has 1 aromatic rings. The normalized spacial score (nSPS) is 14.0. The van der Waals surface area contributed by atoms with E-state index in [1.807, 2.05) is 0 Å². The van der Waals surface area contributed by atoms with Gasteiger partial charge in [0.1, 0.15) is 10.7 Å². The van der Waals surface area contributed by atoms with E-state index in [2.05, 4.69) is 16.6 Å². The van der Waals surface area contributed by atoms with Gasteiger partial charge in [0.15, 0.2) is 9.84 Å². The standard InChI is InChI=1S/C15H19FN2O3S/c1-5-8-17-15(19)11(3)18-10(2)12-6-7-14(13(16)9-12)22(4,20)21/h1,6-7,9-11,18H,8H2,2-4H3,(H,17,19)/t10-,11-/m1/s1. The molecule has 0 fully saturated rings. The number of terminal acetylenes is 1. The lowest BCUT2D eigenvalue weighted by Crippen LogP contribution is -2.43. The van der Waals surface area contributed by atoms with Crippen LogP contribution >= 0.6 is 0 Å². The average Bonchev–Trinajstić information content (AvgIpc) is 2.42. The van der Waals surface area contributed by atoms with Crippen molar-refractivity contribution in [1.82, 2.24) is 10.6 Å². The predicted octanol–water partition coefficient (Wildman–Crippen LogP) is 1.02. The Labute approximate surface area is 130 Å². The van der Waals surface area contributed by atoms with Crippen LogP contribution in [0.15, 0.2) is 23.1 Å². The summed E-state index contributed by atoms with van der Waals surface area (Å²) in [7, 11) is -3.60. The van der Waals surface area contributed by atoms with Crippen LogP contribution in [0.1, 0.15) is 25.5 Å². The van der Waals surface area contributed by atoms with E-state index >= 15 is 0 Å². The fraction of sp³-hybridized carbons (Fsp3) is 0.400. The van der Waals surface area contributed by atoms with Gasteiger partial charge in [-0.1, -0.05) is 12.0 Å². The van der Waals surface area contributed by atoms with Crippen LogP contribution in [0, 0.1) is 18.2 Å². The van der Waals surface area contributed by atoms with E-state index in [1.165, 1.54) is 12.1 Å². The molecule has 0 bridgehead atoms. The number of halogens is 1. The third-order valence-electron chi connectivity index (χ3n) is 3.11. The summed E-state index contributed by atoms with van der Waals surface area (Å²) in [4.78, 5) is 11.4. The van der Waals surface area contributed by atoms with Crippen LogP contribution in [0.4, 0.5) is 4.39 Å². The number of sulfone groups is 1. The summed E-state index contributed by atoms with van der Waals surface area (Å²) < 4.78 is 36.6. The molecule has 120 valence electrons. The Morgan fingerprint density at radius 3 is 2.55 bits per heavy atom. The monoisotopic (exact) mass is 326 g/mol. The molecule has 1 rings (SSSR count). The van der Waals surface area contributed by atoms with Crippen LogP contribution in [-0.4, -0.2) is 33.2 Å². The average molecular weight is 326 g/mol. The van der Waals surface area contributed by atoms with Crippen LogP contribution < -0.4 is 10.6 Å². The second-order valence-electron chi connectivity index (χ2n) is 4.99. The topological polar surface area (TPSA) is 75.3 Å². The Bertz CT molecular complexity index is 695. The van der Waals surface area contributed by atoms with Gasteiger partial charge >= 0.3 is 0 Å². The maximum atomic E-state index is 13.9.